The number of nitriles is 1. The molecule has 2 rings (SSSR count). The fraction of sp³-hybridized carbons (Fsp3) is 0.533. The molecule has 1 aliphatic rings. The molecule has 0 atom stereocenters. The van der Waals surface area contributed by atoms with Crippen LogP contribution in [0, 0.1) is 23.1 Å². The van der Waals surface area contributed by atoms with Gasteiger partial charge < -0.3 is 9.80 Å². The summed E-state index contributed by atoms with van der Waals surface area (Å²) in [7, 11) is 4.20. The van der Waals surface area contributed by atoms with Gasteiger partial charge in [0.25, 0.3) is 0 Å². The quantitative estimate of drug-likeness (QED) is 0.837. The first-order valence-corrected chi connectivity index (χ1v) is 6.69. The Kier molecular flexibility index (Phi) is 4.39. The number of halogens is 1. The molecular weight excluding hydrogens is 241 g/mol. The maximum atomic E-state index is 13.6. The zero-order chi connectivity index (χ0) is 13.8. The Hall–Kier alpha value is -1.60. The molecule has 0 aliphatic carbocycles. The summed E-state index contributed by atoms with van der Waals surface area (Å²) < 4.78 is 13.6. The van der Waals surface area contributed by atoms with Crippen molar-refractivity contribution in [2.24, 2.45) is 5.92 Å². The van der Waals surface area contributed by atoms with Crippen molar-refractivity contribution >= 4 is 5.69 Å². The highest BCUT2D eigenvalue weighted by molar-refractivity contribution is 5.50. The van der Waals surface area contributed by atoms with Crippen molar-refractivity contribution in [1.29, 1.82) is 5.26 Å². The van der Waals surface area contributed by atoms with Crippen LogP contribution in [-0.4, -0.2) is 38.6 Å². The van der Waals surface area contributed by atoms with Gasteiger partial charge in [0.05, 0.1) is 5.56 Å². The summed E-state index contributed by atoms with van der Waals surface area (Å²) in [5.74, 6) is 0.310. The maximum absolute atomic E-state index is 13.6. The Morgan fingerprint density at radius 1 is 1.37 bits per heavy atom. The molecule has 0 amide bonds. The Labute approximate surface area is 114 Å². The molecular formula is C15H20FN3. The molecule has 3 nitrogen and oxygen atoms in total. The predicted octanol–water partition coefficient (Wildman–Crippen LogP) is 2.48. The van der Waals surface area contributed by atoms with Crippen molar-refractivity contribution in [2.75, 3.05) is 38.6 Å². The van der Waals surface area contributed by atoms with E-state index in [-0.39, 0.29) is 5.56 Å². The third-order valence-corrected chi connectivity index (χ3v) is 3.68. The molecule has 1 aliphatic heterocycles. The highest BCUT2D eigenvalue weighted by Crippen LogP contribution is 2.25. The van der Waals surface area contributed by atoms with Crippen LogP contribution in [0.15, 0.2) is 18.2 Å². The molecule has 102 valence electrons. The van der Waals surface area contributed by atoms with E-state index in [9.17, 15) is 4.39 Å². The molecule has 4 heteroatoms. The van der Waals surface area contributed by atoms with E-state index in [1.54, 1.807) is 6.07 Å². The average molecular weight is 261 g/mol. The van der Waals surface area contributed by atoms with Gasteiger partial charge in [0.1, 0.15) is 11.9 Å². The highest BCUT2D eigenvalue weighted by Gasteiger charge is 2.20. The third-order valence-electron chi connectivity index (χ3n) is 3.68. The van der Waals surface area contributed by atoms with E-state index in [0.717, 1.165) is 44.1 Å². The third kappa shape index (κ3) is 3.45. The summed E-state index contributed by atoms with van der Waals surface area (Å²) in [5.41, 5.74) is 1.01. The largest absolute Gasteiger partial charge is 0.371 e. The molecule has 1 fully saturated rings. The zero-order valence-electron chi connectivity index (χ0n) is 11.6. The van der Waals surface area contributed by atoms with Crippen molar-refractivity contribution in [1.82, 2.24) is 4.90 Å². The molecule has 19 heavy (non-hydrogen) atoms. The van der Waals surface area contributed by atoms with Crippen LogP contribution >= 0.6 is 0 Å². The second-order valence-corrected chi connectivity index (χ2v) is 5.47. The highest BCUT2D eigenvalue weighted by atomic mass is 19.1. The Bertz CT molecular complexity index is 471. The summed E-state index contributed by atoms with van der Waals surface area (Å²) in [6.45, 7) is 3.04. The minimum absolute atomic E-state index is 0.117. The summed E-state index contributed by atoms with van der Waals surface area (Å²) >= 11 is 0. The van der Waals surface area contributed by atoms with Crippen LogP contribution < -0.4 is 4.90 Å². The summed E-state index contributed by atoms with van der Waals surface area (Å²) in [5, 5.41) is 8.73. The number of hydrogen-bond donors (Lipinski definition) is 0. The van der Waals surface area contributed by atoms with E-state index in [1.165, 1.54) is 6.07 Å². The van der Waals surface area contributed by atoms with Gasteiger partial charge in [0, 0.05) is 25.3 Å². The predicted molar refractivity (Wildman–Crippen MR) is 74.6 cm³/mol. The zero-order valence-corrected chi connectivity index (χ0v) is 11.6. The second-order valence-electron chi connectivity index (χ2n) is 5.47. The molecule has 1 aromatic carbocycles. The van der Waals surface area contributed by atoms with Crippen LogP contribution in [0.1, 0.15) is 18.4 Å². The van der Waals surface area contributed by atoms with Gasteiger partial charge in [-0.15, -0.1) is 0 Å². The van der Waals surface area contributed by atoms with E-state index in [0.29, 0.717) is 0 Å². The lowest BCUT2D eigenvalue weighted by molar-refractivity contribution is 0.285. The lowest BCUT2D eigenvalue weighted by atomic mass is 9.96. The first kappa shape index (κ1) is 13.8. The van der Waals surface area contributed by atoms with Crippen LogP contribution in [-0.2, 0) is 0 Å². The first-order valence-electron chi connectivity index (χ1n) is 6.69. The van der Waals surface area contributed by atoms with Crippen LogP contribution in [0.4, 0.5) is 10.1 Å². The van der Waals surface area contributed by atoms with Crippen molar-refractivity contribution in [2.45, 2.75) is 12.8 Å². The fourth-order valence-electron chi connectivity index (χ4n) is 2.68. The normalized spacial score (nSPS) is 16.7. The summed E-state index contributed by atoms with van der Waals surface area (Å²) in [6, 6.07) is 6.74. The molecule has 0 aromatic heterocycles. The van der Waals surface area contributed by atoms with Gasteiger partial charge in [-0.1, -0.05) is 0 Å². The minimum Gasteiger partial charge on any atom is -0.371 e. The molecule has 1 saturated heterocycles. The lowest BCUT2D eigenvalue weighted by Gasteiger charge is -2.34. The first-order chi connectivity index (χ1) is 9.10. The summed E-state index contributed by atoms with van der Waals surface area (Å²) in [6.07, 6.45) is 2.28. The van der Waals surface area contributed by atoms with Gasteiger partial charge >= 0.3 is 0 Å². The number of piperidine rings is 1. The molecule has 0 radical (unpaired) electrons. The summed E-state index contributed by atoms with van der Waals surface area (Å²) in [4.78, 5) is 4.43. The standard InChI is InChI=1S/C15H20FN3/c1-18(2)11-12-5-7-19(8-6-12)14-4-3-13(10-17)15(16)9-14/h3-4,9,12H,5-8,11H2,1-2H3. The second kappa shape index (κ2) is 6.03. The van der Waals surface area contributed by atoms with Gasteiger partial charge in [-0.2, -0.15) is 5.26 Å². The maximum Gasteiger partial charge on any atom is 0.143 e. The van der Waals surface area contributed by atoms with E-state index >= 15 is 0 Å². The van der Waals surface area contributed by atoms with Gasteiger partial charge in [-0.3, -0.25) is 0 Å². The van der Waals surface area contributed by atoms with E-state index in [4.69, 9.17) is 5.26 Å². The molecule has 0 N–H and O–H groups in total. The van der Waals surface area contributed by atoms with Gasteiger partial charge in [0.15, 0.2) is 0 Å². The number of anilines is 1. The van der Waals surface area contributed by atoms with E-state index in [1.807, 2.05) is 12.1 Å². The molecule has 1 heterocycles. The van der Waals surface area contributed by atoms with E-state index < -0.39 is 5.82 Å². The van der Waals surface area contributed by atoms with Gasteiger partial charge in [-0.05, 0) is 51.1 Å². The number of rotatable bonds is 3. The van der Waals surface area contributed by atoms with Gasteiger partial charge in [0.2, 0.25) is 0 Å². The van der Waals surface area contributed by atoms with Crippen LogP contribution in [0.5, 0.6) is 0 Å². The minimum atomic E-state index is -0.421. The number of nitrogens with zero attached hydrogens (tertiary/aromatic N) is 3. The van der Waals surface area contributed by atoms with Crippen molar-refractivity contribution in [3.63, 3.8) is 0 Å². The fourth-order valence-corrected chi connectivity index (χ4v) is 2.68. The van der Waals surface area contributed by atoms with Crippen LogP contribution in [0.2, 0.25) is 0 Å². The van der Waals surface area contributed by atoms with Crippen LogP contribution in [0.25, 0.3) is 0 Å². The SMILES string of the molecule is CN(C)CC1CCN(c2ccc(C#N)c(F)c2)CC1. The van der Waals surface area contributed by atoms with Crippen molar-refractivity contribution < 1.29 is 4.39 Å². The Balaban J connectivity index is 1.98. The van der Waals surface area contributed by atoms with Crippen LogP contribution in [0.3, 0.4) is 0 Å². The van der Waals surface area contributed by atoms with Crippen molar-refractivity contribution in [3.8, 4) is 6.07 Å². The number of hydrogen-bond acceptors (Lipinski definition) is 3. The lowest BCUT2D eigenvalue weighted by Crippen LogP contribution is -2.37. The molecule has 1 aromatic rings. The molecule has 0 bridgehead atoms. The Morgan fingerprint density at radius 2 is 2.05 bits per heavy atom. The molecule has 0 unspecified atom stereocenters. The topological polar surface area (TPSA) is 30.3 Å². The van der Waals surface area contributed by atoms with E-state index in [2.05, 4.69) is 23.9 Å². The molecule has 0 spiro atoms. The molecule has 0 saturated carbocycles. The average Bonchev–Trinajstić information content (AvgIpc) is 2.39. The number of benzene rings is 1. The monoisotopic (exact) mass is 261 g/mol. The van der Waals surface area contributed by atoms with Crippen molar-refractivity contribution in [3.05, 3.63) is 29.6 Å². The Morgan fingerprint density at radius 3 is 2.58 bits per heavy atom. The smallest absolute Gasteiger partial charge is 0.143 e. The van der Waals surface area contributed by atoms with Gasteiger partial charge in [-0.25, -0.2) is 4.39 Å².